The summed E-state index contributed by atoms with van der Waals surface area (Å²) in [5.41, 5.74) is 2.68. The average Bonchev–Trinajstić information content (AvgIpc) is 2.81. The Morgan fingerprint density at radius 3 is 1.48 bits per heavy atom. The van der Waals surface area contributed by atoms with Crippen LogP contribution in [0.25, 0.3) is 0 Å². The first-order valence-corrected chi connectivity index (χ1v) is 9.97. The third-order valence-corrected chi connectivity index (χ3v) is 5.41. The lowest BCUT2D eigenvalue weighted by molar-refractivity contribution is -0.133. The van der Waals surface area contributed by atoms with Crippen molar-refractivity contribution in [1.29, 1.82) is 0 Å². The number of carbonyl (C=O) groups is 2. The van der Waals surface area contributed by atoms with Gasteiger partial charge in [-0.3, -0.25) is 9.59 Å². The van der Waals surface area contributed by atoms with Gasteiger partial charge in [-0.15, -0.1) is 0 Å². The Morgan fingerprint density at radius 1 is 0.586 bits per heavy atom. The minimum atomic E-state index is -0.325. The molecule has 0 spiro atoms. The maximum atomic E-state index is 13.5. The van der Waals surface area contributed by atoms with Crippen LogP contribution in [0.5, 0.6) is 0 Å². The zero-order valence-electron chi connectivity index (χ0n) is 16.3. The second-order valence-electron chi connectivity index (χ2n) is 7.24. The van der Waals surface area contributed by atoms with E-state index in [2.05, 4.69) is 0 Å². The van der Waals surface area contributed by atoms with Gasteiger partial charge in [0.25, 0.3) is 5.91 Å². The van der Waals surface area contributed by atoms with Crippen LogP contribution in [0.1, 0.15) is 27.4 Å². The number of piperazine rings is 1. The smallest absolute Gasteiger partial charge is 0.253 e. The van der Waals surface area contributed by atoms with Gasteiger partial charge in [0.15, 0.2) is 0 Å². The van der Waals surface area contributed by atoms with Crippen LogP contribution < -0.4 is 0 Å². The first-order valence-electron chi connectivity index (χ1n) is 9.97. The highest BCUT2D eigenvalue weighted by Gasteiger charge is 2.31. The molecule has 0 aliphatic carbocycles. The molecule has 1 saturated heterocycles. The fourth-order valence-corrected chi connectivity index (χ4v) is 3.84. The summed E-state index contributed by atoms with van der Waals surface area (Å²) >= 11 is 0. The molecule has 1 fully saturated rings. The predicted molar refractivity (Wildman–Crippen MR) is 114 cm³/mol. The molecule has 0 N–H and O–H groups in total. The lowest BCUT2D eigenvalue weighted by atomic mass is 9.90. The highest BCUT2D eigenvalue weighted by Crippen LogP contribution is 2.27. The quantitative estimate of drug-likeness (QED) is 0.686. The van der Waals surface area contributed by atoms with E-state index in [1.807, 2.05) is 101 Å². The molecule has 1 heterocycles. The molecule has 0 radical (unpaired) electrons. The van der Waals surface area contributed by atoms with Crippen molar-refractivity contribution in [3.05, 3.63) is 108 Å². The molecule has 1 aliphatic heterocycles. The molecule has 4 heteroatoms. The van der Waals surface area contributed by atoms with Crippen LogP contribution in [-0.4, -0.2) is 47.8 Å². The van der Waals surface area contributed by atoms with Crippen LogP contribution in [0.2, 0.25) is 0 Å². The fraction of sp³-hybridized carbons (Fsp3) is 0.200. The first kappa shape index (κ1) is 18.9. The molecular weight excluding hydrogens is 360 g/mol. The summed E-state index contributed by atoms with van der Waals surface area (Å²) in [6, 6.07) is 29.1. The van der Waals surface area contributed by atoms with Gasteiger partial charge in [0, 0.05) is 31.7 Å². The summed E-state index contributed by atoms with van der Waals surface area (Å²) in [6.07, 6.45) is 0. The summed E-state index contributed by atoms with van der Waals surface area (Å²) in [4.78, 5) is 29.9. The second-order valence-corrected chi connectivity index (χ2v) is 7.24. The van der Waals surface area contributed by atoms with Crippen molar-refractivity contribution in [3.63, 3.8) is 0 Å². The number of rotatable bonds is 4. The summed E-state index contributed by atoms with van der Waals surface area (Å²) in [5.74, 6) is -0.205. The minimum Gasteiger partial charge on any atom is -0.338 e. The summed E-state index contributed by atoms with van der Waals surface area (Å²) in [5, 5.41) is 0. The van der Waals surface area contributed by atoms with Crippen molar-refractivity contribution in [3.8, 4) is 0 Å². The molecule has 0 aromatic heterocycles. The molecule has 0 bridgehead atoms. The van der Waals surface area contributed by atoms with Crippen molar-refractivity contribution in [1.82, 2.24) is 9.80 Å². The van der Waals surface area contributed by atoms with E-state index >= 15 is 0 Å². The van der Waals surface area contributed by atoms with E-state index in [0.717, 1.165) is 11.1 Å². The normalized spacial score (nSPS) is 14.1. The van der Waals surface area contributed by atoms with Crippen LogP contribution in [0.4, 0.5) is 0 Å². The summed E-state index contributed by atoms with van der Waals surface area (Å²) in [6.45, 7) is 2.20. The fourth-order valence-electron chi connectivity index (χ4n) is 3.84. The van der Waals surface area contributed by atoms with E-state index in [4.69, 9.17) is 0 Å². The van der Waals surface area contributed by atoms with E-state index in [0.29, 0.717) is 31.7 Å². The molecule has 29 heavy (non-hydrogen) atoms. The van der Waals surface area contributed by atoms with Gasteiger partial charge >= 0.3 is 0 Å². The van der Waals surface area contributed by atoms with Crippen LogP contribution in [-0.2, 0) is 4.79 Å². The highest BCUT2D eigenvalue weighted by molar-refractivity contribution is 5.94. The van der Waals surface area contributed by atoms with Crippen LogP contribution in [0, 0.1) is 0 Å². The number of hydrogen-bond donors (Lipinski definition) is 0. The molecule has 2 amide bonds. The SMILES string of the molecule is O=C(c1ccccc1)N1CCN(C(=O)C(c2ccccc2)c2ccccc2)CC1. The largest absolute Gasteiger partial charge is 0.338 e. The van der Waals surface area contributed by atoms with Crippen molar-refractivity contribution in [2.24, 2.45) is 0 Å². The Kier molecular flexibility index (Phi) is 5.71. The van der Waals surface area contributed by atoms with Gasteiger partial charge < -0.3 is 9.80 Å². The van der Waals surface area contributed by atoms with Crippen molar-refractivity contribution in [2.75, 3.05) is 26.2 Å². The van der Waals surface area contributed by atoms with Gasteiger partial charge in [0.2, 0.25) is 5.91 Å². The Bertz CT molecular complexity index is 910. The highest BCUT2D eigenvalue weighted by atomic mass is 16.2. The van der Waals surface area contributed by atoms with E-state index in [-0.39, 0.29) is 17.7 Å². The maximum Gasteiger partial charge on any atom is 0.253 e. The zero-order chi connectivity index (χ0) is 20.1. The van der Waals surface area contributed by atoms with Gasteiger partial charge in [0.1, 0.15) is 0 Å². The number of nitrogens with zero attached hydrogens (tertiary/aromatic N) is 2. The van der Waals surface area contributed by atoms with Gasteiger partial charge in [-0.05, 0) is 23.3 Å². The lowest BCUT2D eigenvalue weighted by Gasteiger charge is -2.36. The number of carbonyl (C=O) groups excluding carboxylic acids is 2. The van der Waals surface area contributed by atoms with Crippen molar-refractivity contribution in [2.45, 2.75) is 5.92 Å². The van der Waals surface area contributed by atoms with Crippen LogP contribution >= 0.6 is 0 Å². The zero-order valence-corrected chi connectivity index (χ0v) is 16.3. The average molecular weight is 384 g/mol. The monoisotopic (exact) mass is 384 g/mol. The van der Waals surface area contributed by atoms with E-state index < -0.39 is 0 Å². The van der Waals surface area contributed by atoms with E-state index in [1.165, 1.54) is 0 Å². The number of amides is 2. The Hall–Kier alpha value is -3.40. The molecule has 0 saturated carbocycles. The van der Waals surface area contributed by atoms with Gasteiger partial charge in [-0.1, -0.05) is 78.9 Å². The van der Waals surface area contributed by atoms with E-state index in [9.17, 15) is 9.59 Å². The van der Waals surface area contributed by atoms with Gasteiger partial charge in [0.05, 0.1) is 5.92 Å². The molecule has 146 valence electrons. The van der Waals surface area contributed by atoms with Gasteiger partial charge in [-0.2, -0.15) is 0 Å². The van der Waals surface area contributed by atoms with Crippen molar-refractivity contribution >= 4 is 11.8 Å². The maximum absolute atomic E-state index is 13.5. The first-order chi connectivity index (χ1) is 14.2. The third kappa shape index (κ3) is 4.21. The molecule has 3 aromatic carbocycles. The second kappa shape index (κ2) is 8.74. The standard InChI is InChI=1S/C25H24N2O2/c28-24(22-14-8-3-9-15-22)26-16-18-27(19-17-26)25(29)23(20-10-4-1-5-11-20)21-12-6-2-7-13-21/h1-15,23H,16-19H2. The third-order valence-electron chi connectivity index (χ3n) is 5.41. The molecular formula is C25H24N2O2. The minimum absolute atomic E-state index is 0.0281. The topological polar surface area (TPSA) is 40.6 Å². The predicted octanol–water partition coefficient (Wildman–Crippen LogP) is 3.80. The number of hydrogen-bond acceptors (Lipinski definition) is 2. The Labute approximate surface area is 171 Å². The summed E-state index contributed by atoms with van der Waals surface area (Å²) in [7, 11) is 0. The Morgan fingerprint density at radius 2 is 1.00 bits per heavy atom. The van der Waals surface area contributed by atoms with Crippen molar-refractivity contribution < 1.29 is 9.59 Å². The summed E-state index contributed by atoms with van der Waals surface area (Å²) < 4.78 is 0. The Balaban J connectivity index is 1.49. The molecule has 1 aliphatic rings. The number of benzene rings is 3. The molecule has 0 atom stereocenters. The van der Waals surface area contributed by atoms with E-state index in [1.54, 1.807) is 0 Å². The van der Waals surface area contributed by atoms with Gasteiger partial charge in [-0.25, -0.2) is 0 Å². The lowest BCUT2D eigenvalue weighted by Crippen LogP contribution is -2.51. The molecule has 0 unspecified atom stereocenters. The molecule has 3 aromatic rings. The van der Waals surface area contributed by atoms with Crippen LogP contribution in [0.3, 0.4) is 0 Å². The molecule has 4 nitrogen and oxygen atoms in total. The molecule has 4 rings (SSSR count). The van der Waals surface area contributed by atoms with Crippen LogP contribution in [0.15, 0.2) is 91.0 Å².